The Kier molecular flexibility index (Phi) is 5.22. The van der Waals surface area contributed by atoms with Gasteiger partial charge in [-0.05, 0) is 47.2 Å². The average molecular weight is 405 g/mol. The van der Waals surface area contributed by atoms with Crippen LogP contribution >= 0.6 is 0 Å². The van der Waals surface area contributed by atoms with Gasteiger partial charge in [-0.3, -0.25) is 14.4 Å². The minimum atomic E-state index is -0.223. The third kappa shape index (κ3) is 3.42. The van der Waals surface area contributed by atoms with Crippen LogP contribution in [0.5, 0.6) is 0 Å². The van der Waals surface area contributed by atoms with E-state index in [-0.39, 0.29) is 29.4 Å². The van der Waals surface area contributed by atoms with E-state index in [0.717, 1.165) is 46.5 Å². The molecule has 2 atom stereocenters. The number of carbonyl (C=O) groups is 3. The van der Waals surface area contributed by atoms with Crippen molar-refractivity contribution in [1.29, 1.82) is 0 Å². The Bertz CT molecular complexity index is 961. The highest BCUT2D eigenvalue weighted by atomic mass is 16.2. The predicted molar refractivity (Wildman–Crippen MR) is 118 cm³/mol. The van der Waals surface area contributed by atoms with E-state index in [1.165, 1.54) is 0 Å². The summed E-state index contributed by atoms with van der Waals surface area (Å²) in [7, 11) is 0. The van der Waals surface area contributed by atoms with Gasteiger partial charge in [-0.15, -0.1) is 0 Å². The third-order valence-corrected chi connectivity index (χ3v) is 6.61. The molecule has 2 aliphatic rings. The molecule has 4 rings (SSSR count). The Morgan fingerprint density at radius 2 is 1.13 bits per heavy atom. The largest absolute Gasteiger partial charge is 0.312 e. The van der Waals surface area contributed by atoms with Gasteiger partial charge in [0.1, 0.15) is 5.78 Å². The molecule has 5 nitrogen and oxygen atoms in total. The molecule has 2 heterocycles. The fraction of sp³-hybridized carbons (Fsp3) is 0.400. The van der Waals surface area contributed by atoms with Gasteiger partial charge in [0.15, 0.2) is 0 Å². The van der Waals surface area contributed by atoms with Crippen LogP contribution in [0.3, 0.4) is 0 Å². The lowest BCUT2D eigenvalue weighted by atomic mass is 9.84. The van der Waals surface area contributed by atoms with Gasteiger partial charge in [-0.2, -0.15) is 0 Å². The summed E-state index contributed by atoms with van der Waals surface area (Å²) in [6, 6.07) is 12.1. The van der Waals surface area contributed by atoms with Crippen LogP contribution in [0, 0.1) is 0 Å². The summed E-state index contributed by atoms with van der Waals surface area (Å²) in [6.07, 6.45) is 1.66. The zero-order chi connectivity index (χ0) is 21.6. The molecule has 0 aromatic heterocycles. The first-order valence-corrected chi connectivity index (χ1v) is 10.6. The topological polar surface area (TPSA) is 57.7 Å². The van der Waals surface area contributed by atoms with Gasteiger partial charge in [-0.25, -0.2) is 0 Å². The fourth-order valence-electron chi connectivity index (χ4n) is 4.74. The van der Waals surface area contributed by atoms with Crippen molar-refractivity contribution < 1.29 is 14.4 Å². The number of Topliss-reactive ketones (excluding diaryl/α,β-unsaturated/α-hetero) is 1. The van der Waals surface area contributed by atoms with Crippen LogP contribution < -0.4 is 9.80 Å². The molecule has 2 unspecified atom stereocenters. The molecule has 2 amide bonds. The molecule has 0 aliphatic carbocycles. The quantitative estimate of drug-likeness (QED) is 0.774. The zero-order valence-corrected chi connectivity index (χ0v) is 18.1. The lowest BCUT2D eigenvalue weighted by Crippen LogP contribution is -2.25. The summed E-state index contributed by atoms with van der Waals surface area (Å²) >= 11 is 0. The molecule has 0 saturated heterocycles. The van der Waals surface area contributed by atoms with Crippen LogP contribution in [-0.4, -0.2) is 30.7 Å². The van der Waals surface area contributed by atoms with Crippen LogP contribution in [0.25, 0.3) is 0 Å². The Labute approximate surface area is 177 Å². The van der Waals surface area contributed by atoms with Crippen molar-refractivity contribution in [3.8, 4) is 0 Å². The minimum absolute atomic E-state index is 0.0548. The van der Waals surface area contributed by atoms with Gasteiger partial charge < -0.3 is 9.80 Å². The number of hydrogen-bond acceptors (Lipinski definition) is 3. The Morgan fingerprint density at radius 3 is 1.50 bits per heavy atom. The molecule has 30 heavy (non-hydrogen) atoms. The summed E-state index contributed by atoms with van der Waals surface area (Å²) in [5, 5.41) is 0. The summed E-state index contributed by atoms with van der Waals surface area (Å²) in [5.41, 5.74) is 6.20. The van der Waals surface area contributed by atoms with E-state index < -0.39 is 0 Å². The van der Waals surface area contributed by atoms with E-state index in [1.807, 2.05) is 38.1 Å². The number of carbonyl (C=O) groups excluding carboxylic acids is 3. The van der Waals surface area contributed by atoms with E-state index in [2.05, 4.69) is 12.1 Å². The van der Waals surface area contributed by atoms with E-state index in [1.54, 1.807) is 23.6 Å². The van der Waals surface area contributed by atoms with Crippen molar-refractivity contribution in [1.82, 2.24) is 0 Å². The van der Waals surface area contributed by atoms with Gasteiger partial charge in [0.2, 0.25) is 11.8 Å². The van der Waals surface area contributed by atoms with Crippen molar-refractivity contribution in [2.75, 3.05) is 22.9 Å². The smallest absolute Gasteiger partial charge is 0.223 e. The van der Waals surface area contributed by atoms with Crippen LogP contribution in [0.4, 0.5) is 11.4 Å². The van der Waals surface area contributed by atoms with Gasteiger partial charge in [-0.1, -0.05) is 38.1 Å². The highest BCUT2D eigenvalue weighted by Gasteiger charge is 2.28. The van der Waals surface area contributed by atoms with E-state index in [0.29, 0.717) is 13.1 Å². The second-order valence-corrected chi connectivity index (χ2v) is 8.46. The summed E-state index contributed by atoms with van der Waals surface area (Å²) in [6.45, 7) is 8.51. The molecule has 2 aliphatic heterocycles. The van der Waals surface area contributed by atoms with Crippen LogP contribution in [0.15, 0.2) is 36.4 Å². The number of ketones is 1. The summed E-state index contributed by atoms with van der Waals surface area (Å²) in [4.78, 5) is 40.4. The molecule has 0 radical (unpaired) electrons. The Morgan fingerprint density at radius 1 is 0.733 bits per heavy atom. The zero-order valence-electron chi connectivity index (χ0n) is 18.1. The Balaban J connectivity index is 1.54. The van der Waals surface area contributed by atoms with Crippen LogP contribution in [-0.2, 0) is 27.2 Å². The molecular formula is C25H28N2O3. The Hall–Kier alpha value is -2.95. The fourth-order valence-corrected chi connectivity index (χ4v) is 4.74. The molecule has 2 aromatic carbocycles. The molecular weight excluding hydrogens is 376 g/mol. The predicted octanol–water partition coefficient (Wildman–Crippen LogP) is 3.98. The summed E-state index contributed by atoms with van der Waals surface area (Å²) in [5.74, 6) is -0.159. The van der Waals surface area contributed by atoms with Gasteiger partial charge >= 0.3 is 0 Å². The minimum Gasteiger partial charge on any atom is -0.312 e. The molecule has 0 spiro atoms. The molecule has 0 bridgehead atoms. The number of benzene rings is 2. The van der Waals surface area contributed by atoms with Crippen LogP contribution in [0.1, 0.15) is 61.8 Å². The lowest BCUT2D eigenvalue weighted by Gasteiger charge is -2.20. The van der Waals surface area contributed by atoms with E-state index in [4.69, 9.17) is 0 Å². The molecule has 0 saturated carbocycles. The summed E-state index contributed by atoms with van der Waals surface area (Å²) < 4.78 is 0. The molecule has 0 N–H and O–H groups in total. The van der Waals surface area contributed by atoms with E-state index >= 15 is 0 Å². The first-order valence-electron chi connectivity index (χ1n) is 10.6. The van der Waals surface area contributed by atoms with Crippen molar-refractivity contribution >= 4 is 29.0 Å². The SMILES string of the molecule is CC(=O)N1CCc2cc(C(C)C(=O)C(C)c3ccc4c(c3)CCN4C(C)=O)ccc21. The monoisotopic (exact) mass is 404 g/mol. The van der Waals surface area contributed by atoms with Crippen molar-refractivity contribution in [3.63, 3.8) is 0 Å². The number of rotatable bonds is 4. The number of anilines is 2. The first kappa shape index (κ1) is 20.3. The maximum atomic E-state index is 13.3. The van der Waals surface area contributed by atoms with Gasteiger partial charge in [0, 0.05) is 50.1 Å². The van der Waals surface area contributed by atoms with Crippen molar-refractivity contribution in [3.05, 3.63) is 58.7 Å². The van der Waals surface area contributed by atoms with Crippen LogP contribution in [0.2, 0.25) is 0 Å². The molecule has 2 aromatic rings. The number of amides is 2. The highest BCUT2D eigenvalue weighted by molar-refractivity contribution is 5.96. The number of hydrogen-bond donors (Lipinski definition) is 0. The van der Waals surface area contributed by atoms with Crippen molar-refractivity contribution in [2.45, 2.75) is 52.4 Å². The third-order valence-electron chi connectivity index (χ3n) is 6.61. The van der Waals surface area contributed by atoms with Gasteiger partial charge in [0.25, 0.3) is 0 Å². The second kappa shape index (κ2) is 7.71. The highest BCUT2D eigenvalue weighted by Crippen LogP contribution is 2.35. The van der Waals surface area contributed by atoms with Gasteiger partial charge in [0.05, 0.1) is 0 Å². The standard InChI is InChI=1S/C25H28N2O3/c1-15(19-5-7-23-21(13-19)9-11-26(23)17(3)28)25(30)16(2)20-6-8-24-22(14-20)10-12-27(24)18(4)29/h5-8,13-16H,9-12H2,1-4H3. The van der Waals surface area contributed by atoms with Crippen molar-refractivity contribution in [2.24, 2.45) is 0 Å². The second-order valence-electron chi connectivity index (χ2n) is 8.46. The molecule has 156 valence electrons. The number of nitrogens with zero attached hydrogens (tertiary/aromatic N) is 2. The average Bonchev–Trinajstić information content (AvgIpc) is 3.35. The maximum Gasteiger partial charge on any atom is 0.223 e. The number of fused-ring (bicyclic) bond motifs is 2. The van der Waals surface area contributed by atoms with E-state index in [9.17, 15) is 14.4 Å². The lowest BCUT2D eigenvalue weighted by molar-refractivity contribution is -0.121. The first-order chi connectivity index (χ1) is 14.3. The maximum absolute atomic E-state index is 13.3. The molecule has 5 heteroatoms. The molecule has 0 fully saturated rings. The normalized spacial score (nSPS) is 16.8.